The quantitative estimate of drug-likeness (QED) is 0.382. The number of benzene rings is 3. The maximum absolute atomic E-state index is 12.7. The Morgan fingerprint density at radius 2 is 1.86 bits per heavy atom. The van der Waals surface area contributed by atoms with E-state index in [1.54, 1.807) is 0 Å². The molecule has 2 aliphatic rings. The van der Waals surface area contributed by atoms with E-state index in [1.807, 2.05) is 49.4 Å². The first-order valence-corrected chi connectivity index (χ1v) is 13.1. The average molecular weight is 517 g/mol. The van der Waals surface area contributed by atoms with Crippen LogP contribution in [0.4, 0.5) is 5.69 Å². The van der Waals surface area contributed by atoms with Crippen LogP contribution in [-0.4, -0.2) is 24.7 Å². The highest BCUT2D eigenvalue weighted by molar-refractivity contribution is 6.31. The van der Waals surface area contributed by atoms with Crippen LogP contribution < -0.4 is 19.7 Å². The maximum atomic E-state index is 12.7. The first-order chi connectivity index (χ1) is 17.7. The highest BCUT2D eigenvalue weighted by Crippen LogP contribution is 2.52. The van der Waals surface area contributed by atoms with E-state index in [1.165, 1.54) is 16.8 Å². The number of carbonyl (C=O) groups excluding carboxylic acids is 1. The predicted octanol–water partition coefficient (Wildman–Crippen LogP) is 6.65. The summed E-state index contributed by atoms with van der Waals surface area (Å²) in [6.07, 6.45) is 4.68. The first kappa shape index (κ1) is 25.2. The molecule has 0 bridgehead atoms. The van der Waals surface area contributed by atoms with Crippen LogP contribution in [0.3, 0.4) is 0 Å². The number of rotatable bonds is 7. The number of amides is 1. The monoisotopic (exact) mass is 516 g/mol. The van der Waals surface area contributed by atoms with E-state index in [2.05, 4.69) is 61.3 Å². The van der Waals surface area contributed by atoms with Crippen molar-refractivity contribution in [1.82, 2.24) is 5.32 Å². The molecule has 1 amide bonds. The van der Waals surface area contributed by atoms with E-state index >= 15 is 0 Å². The number of halogens is 1. The lowest BCUT2D eigenvalue weighted by atomic mass is 9.74. The highest BCUT2D eigenvalue weighted by atomic mass is 35.5. The topological polar surface area (TPSA) is 50.8 Å². The molecule has 1 unspecified atom stereocenters. The Morgan fingerprint density at radius 3 is 2.65 bits per heavy atom. The molecule has 1 atom stereocenters. The smallest absolute Gasteiger partial charge is 0.223 e. The van der Waals surface area contributed by atoms with Gasteiger partial charge in [0.2, 0.25) is 5.91 Å². The molecule has 0 aromatic heterocycles. The zero-order valence-electron chi connectivity index (χ0n) is 21.8. The molecule has 0 saturated carbocycles. The Labute approximate surface area is 224 Å². The van der Waals surface area contributed by atoms with Crippen LogP contribution in [0.5, 0.6) is 11.5 Å². The fourth-order valence-electron chi connectivity index (χ4n) is 5.47. The van der Waals surface area contributed by atoms with Crippen molar-refractivity contribution in [1.29, 1.82) is 0 Å². The standard InChI is InChI=1S/C31H33ClN2O3/c1-5-36-28-19-22(11-13-27(28)37-20-23-8-6-7-9-25(23)32)14-16-31-30(3,4)24-18-21(2)10-12-26(24)34(31)17-15-29(35)33-31/h6-14,16,18-19H,5,15,17,20H2,1-4H3,(H,33,35)/b16-14+. The second kappa shape index (κ2) is 9.79. The minimum Gasteiger partial charge on any atom is -0.490 e. The van der Waals surface area contributed by atoms with Crippen molar-refractivity contribution in [2.75, 3.05) is 18.1 Å². The largest absolute Gasteiger partial charge is 0.490 e. The zero-order valence-corrected chi connectivity index (χ0v) is 22.6. The third-order valence-electron chi connectivity index (χ3n) is 7.51. The molecular weight excluding hydrogens is 484 g/mol. The lowest BCUT2D eigenvalue weighted by Gasteiger charge is -2.49. The van der Waals surface area contributed by atoms with Gasteiger partial charge in [0.05, 0.1) is 6.61 Å². The van der Waals surface area contributed by atoms with Crippen molar-refractivity contribution < 1.29 is 14.3 Å². The Hall–Kier alpha value is -3.44. The number of hydrogen-bond acceptors (Lipinski definition) is 4. The molecule has 3 aromatic carbocycles. The van der Waals surface area contributed by atoms with Gasteiger partial charge in [0.1, 0.15) is 12.3 Å². The summed E-state index contributed by atoms with van der Waals surface area (Å²) < 4.78 is 12.0. The van der Waals surface area contributed by atoms with Crippen LogP contribution in [-0.2, 0) is 16.8 Å². The molecule has 5 rings (SSSR count). The van der Waals surface area contributed by atoms with Crippen LogP contribution >= 0.6 is 11.6 Å². The van der Waals surface area contributed by atoms with Gasteiger partial charge in [-0.3, -0.25) is 4.79 Å². The molecule has 192 valence electrons. The third-order valence-corrected chi connectivity index (χ3v) is 7.88. The molecule has 1 saturated heterocycles. The number of nitrogens with zero attached hydrogens (tertiary/aromatic N) is 1. The third kappa shape index (κ3) is 4.46. The van der Waals surface area contributed by atoms with Gasteiger partial charge in [0, 0.05) is 34.7 Å². The van der Waals surface area contributed by atoms with E-state index < -0.39 is 5.66 Å². The number of hydrogen-bond donors (Lipinski definition) is 1. The molecule has 0 aliphatic carbocycles. The first-order valence-electron chi connectivity index (χ1n) is 12.8. The summed E-state index contributed by atoms with van der Waals surface area (Å²) in [7, 11) is 0. The number of fused-ring (bicyclic) bond motifs is 3. The normalized spacial score (nSPS) is 19.9. The van der Waals surface area contributed by atoms with Crippen LogP contribution in [0.1, 0.15) is 49.4 Å². The van der Waals surface area contributed by atoms with Crippen LogP contribution in [0.25, 0.3) is 6.08 Å². The van der Waals surface area contributed by atoms with Crippen molar-refractivity contribution >= 4 is 29.3 Å². The van der Waals surface area contributed by atoms with Gasteiger partial charge in [0.25, 0.3) is 0 Å². The van der Waals surface area contributed by atoms with Gasteiger partial charge < -0.3 is 19.7 Å². The molecule has 37 heavy (non-hydrogen) atoms. The summed E-state index contributed by atoms with van der Waals surface area (Å²) in [4.78, 5) is 15.0. The summed E-state index contributed by atoms with van der Waals surface area (Å²) in [6.45, 7) is 10.0. The van der Waals surface area contributed by atoms with Gasteiger partial charge in [-0.2, -0.15) is 0 Å². The minimum absolute atomic E-state index is 0.0665. The van der Waals surface area contributed by atoms with Gasteiger partial charge in [-0.05, 0) is 55.3 Å². The summed E-state index contributed by atoms with van der Waals surface area (Å²) in [5, 5.41) is 4.02. The molecule has 2 aliphatic heterocycles. The van der Waals surface area contributed by atoms with Crippen molar-refractivity contribution in [3.63, 3.8) is 0 Å². The van der Waals surface area contributed by atoms with Gasteiger partial charge >= 0.3 is 0 Å². The lowest BCUT2D eigenvalue weighted by molar-refractivity contribution is -0.124. The van der Waals surface area contributed by atoms with Crippen LogP contribution in [0.2, 0.25) is 5.02 Å². The zero-order chi connectivity index (χ0) is 26.2. The summed E-state index contributed by atoms with van der Waals surface area (Å²) >= 11 is 6.30. The lowest BCUT2D eigenvalue weighted by Crippen LogP contribution is -2.68. The Morgan fingerprint density at radius 1 is 1.05 bits per heavy atom. The van der Waals surface area contributed by atoms with Crippen molar-refractivity contribution in [2.45, 2.75) is 51.8 Å². The number of anilines is 1. The van der Waals surface area contributed by atoms with Crippen molar-refractivity contribution in [3.8, 4) is 11.5 Å². The SMILES string of the molecule is CCOc1cc(/C=C/C23NC(=O)CCN2c2ccc(C)cc2C3(C)C)ccc1OCc1ccccc1Cl. The van der Waals surface area contributed by atoms with E-state index in [4.69, 9.17) is 21.1 Å². The van der Waals surface area contributed by atoms with Crippen LogP contribution in [0.15, 0.2) is 66.7 Å². The Kier molecular flexibility index (Phi) is 6.67. The van der Waals surface area contributed by atoms with Crippen molar-refractivity contribution in [3.05, 3.63) is 94.0 Å². The fraction of sp³-hybridized carbons (Fsp3) is 0.323. The number of aryl methyl sites for hydroxylation is 1. The van der Waals surface area contributed by atoms with E-state index in [9.17, 15) is 4.79 Å². The molecule has 3 aromatic rings. The van der Waals surface area contributed by atoms with Crippen molar-refractivity contribution in [2.24, 2.45) is 0 Å². The van der Waals surface area contributed by atoms with Gasteiger partial charge in [-0.1, -0.05) is 73.5 Å². The molecular formula is C31H33ClN2O3. The molecule has 1 N–H and O–H groups in total. The van der Waals surface area contributed by atoms with Crippen LogP contribution in [0, 0.1) is 6.92 Å². The highest BCUT2D eigenvalue weighted by Gasteiger charge is 2.57. The number of carbonyl (C=O) groups is 1. The molecule has 6 heteroatoms. The maximum Gasteiger partial charge on any atom is 0.223 e. The molecule has 0 radical (unpaired) electrons. The molecule has 0 spiro atoms. The Balaban J connectivity index is 1.47. The summed E-state index contributed by atoms with van der Waals surface area (Å²) in [5.41, 5.74) is 4.53. The van der Waals surface area contributed by atoms with E-state index in [-0.39, 0.29) is 11.3 Å². The summed E-state index contributed by atoms with van der Waals surface area (Å²) in [5.74, 6) is 1.40. The molecule has 1 fully saturated rings. The van der Waals surface area contributed by atoms with Gasteiger partial charge in [-0.15, -0.1) is 0 Å². The fourth-order valence-corrected chi connectivity index (χ4v) is 5.66. The second-order valence-corrected chi connectivity index (χ2v) is 10.6. The predicted molar refractivity (Wildman–Crippen MR) is 149 cm³/mol. The average Bonchev–Trinajstić information content (AvgIpc) is 3.06. The molecule has 5 nitrogen and oxygen atoms in total. The number of nitrogens with one attached hydrogen (secondary N) is 1. The van der Waals surface area contributed by atoms with Gasteiger partial charge in [-0.25, -0.2) is 0 Å². The van der Waals surface area contributed by atoms with E-state index in [0.717, 1.165) is 11.1 Å². The van der Waals surface area contributed by atoms with Gasteiger partial charge in [0.15, 0.2) is 11.5 Å². The Bertz CT molecular complexity index is 1370. The molecule has 2 heterocycles. The van der Waals surface area contributed by atoms with E-state index in [0.29, 0.717) is 42.7 Å². The second-order valence-electron chi connectivity index (χ2n) is 10.2. The minimum atomic E-state index is -0.663. The number of ether oxygens (including phenoxy) is 2. The summed E-state index contributed by atoms with van der Waals surface area (Å²) in [6, 6.07) is 20.1.